The molecular formula is C16H19N3S. The Kier molecular flexibility index (Phi) is 3.34. The number of anilines is 1. The molecule has 4 heteroatoms. The number of nitrogens with one attached hydrogen (secondary N) is 1. The van der Waals surface area contributed by atoms with Gasteiger partial charge in [-0.2, -0.15) is 0 Å². The van der Waals surface area contributed by atoms with Crippen LogP contribution in [0.1, 0.15) is 38.2 Å². The number of hydrogen-bond acceptors (Lipinski definition) is 3. The fourth-order valence-corrected chi connectivity index (χ4v) is 3.05. The topological polar surface area (TPSA) is 50.9 Å². The zero-order chi connectivity index (χ0) is 14.2. The Balaban J connectivity index is 2.14. The van der Waals surface area contributed by atoms with Gasteiger partial charge in [0.05, 0.1) is 16.8 Å². The Hall–Kier alpha value is -1.68. The molecule has 0 amide bonds. The number of aromatic nitrogens is 1. The Bertz CT molecular complexity index is 656. The molecule has 1 aliphatic carbocycles. The summed E-state index contributed by atoms with van der Waals surface area (Å²) in [6.45, 7) is 2.23. The first kappa shape index (κ1) is 13.3. The van der Waals surface area contributed by atoms with Crippen LogP contribution in [0.15, 0.2) is 30.5 Å². The van der Waals surface area contributed by atoms with Gasteiger partial charge in [0, 0.05) is 17.1 Å². The molecule has 0 spiro atoms. The standard InChI is InChI=1S/C16H19N3S/c1-2-16(8-5-9-16)19-14-11-6-3-4-7-13(11)18-10-12(14)15(17)20/h3-4,6-7,10H,2,5,8-9H2,1H3,(H2,17,20)(H,18,19). The van der Waals surface area contributed by atoms with E-state index in [0.29, 0.717) is 4.99 Å². The average molecular weight is 285 g/mol. The number of benzene rings is 1. The van der Waals surface area contributed by atoms with E-state index in [-0.39, 0.29) is 5.54 Å². The molecular weight excluding hydrogens is 266 g/mol. The number of hydrogen-bond donors (Lipinski definition) is 2. The first-order valence-electron chi connectivity index (χ1n) is 7.11. The lowest BCUT2D eigenvalue weighted by Gasteiger charge is -2.43. The van der Waals surface area contributed by atoms with E-state index in [1.165, 1.54) is 19.3 Å². The Morgan fingerprint density at radius 1 is 1.40 bits per heavy atom. The van der Waals surface area contributed by atoms with Gasteiger partial charge >= 0.3 is 0 Å². The fourth-order valence-electron chi connectivity index (χ4n) is 2.90. The van der Waals surface area contributed by atoms with Crippen molar-refractivity contribution in [3.8, 4) is 0 Å². The maximum Gasteiger partial charge on any atom is 0.107 e. The minimum atomic E-state index is 0.198. The number of para-hydroxylation sites is 1. The summed E-state index contributed by atoms with van der Waals surface area (Å²) in [6.07, 6.45) is 6.59. The molecule has 3 N–H and O–H groups in total. The number of pyridine rings is 1. The summed E-state index contributed by atoms with van der Waals surface area (Å²) >= 11 is 5.19. The van der Waals surface area contributed by atoms with E-state index in [2.05, 4.69) is 23.3 Å². The van der Waals surface area contributed by atoms with Crippen molar-refractivity contribution in [3.05, 3.63) is 36.0 Å². The molecule has 1 fully saturated rings. The largest absolute Gasteiger partial charge is 0.389 e. The Morgan fingerprint density at radius 2 is 2.15 bits per heavy atom. The number of nitrogens with zero attached hydrogens (tertiary/aromatic N) is 1. The summed E-state index contributed by atoms with van der Waals surface area (Å²) in [5.41, 5.74) is 8.94. The second kappa shape index (κ2) is 5.02. The quantitative estimate of drug-likeness (QED) is 0.843. The van der Waals surface area contributed by atoms with Crippen LogP contribution >= 0.6 is 12.2 Å². The lowest BCUT2D eigenvalue weighted by molar-refractivity contribution is 0.270. The lowest BCUT2D eigenvalue weighted by Crippen LogP contribution is -2.44. The van der Waals surface area contributed by atoms with Gasteiger partial charge in [-0.05, 0) is 31.7 Å². The van der Waals surface area contributed by atoms with E-state index in [9.17, 15) is 0 Å². The van der Waals surface area contributed by atoms with E-state index in [1.807, 2.05) is 18.2 Å². The molecule has 20 heavy (non-hydrogen) atoms. The molecule has 0 aliphatic heterocycles. The van der Waals surface area contributed by atoms with Crippen LogP contribution in [0.3, 0.4) is 0 Å². The summed E-state index contributed by atoms with van der Waals surface area (Å²) < 4.78 is 0. The molecule has 1 aromatic heterocycles. The van der Waals surface area contributed by atoms with Crippen LogP contribution in [0.4, 0.5) is 5.69 Å². The van der Waals surface area contributed by atoms with Gasteiger partial charge in [0.1, 0.15) is 4.99 Å². The summed E-state index contributed by atoms with van der Waals surface area (Å²) in [4.78, 5) is 4.85. The van der Waals surface area contributed by atoms with Crippen LogP contribution in [0.2, 0.25) is 0 Å². The smallest absolute Gasteiger partial charge is 0.107 e. The minimum Gasteiger partial charge on any atom is -0.389 e. The van der Waals surface area contributed by atoms with E-state index < -0.39 is 0 Å². The van der Waals surface area contributed by atoms with Crippen LogP contribution in [-0.2, 0) is 0 Å². The molecule has 0 radical (unpaired) electrons. The van der Waals surface area contributed by atoms with E-state index >= 15 is 0 Å². The summed E-state index contributed by atoms with van der Waals surface area (Å²) in [5, 5.41) is 4.82. The van der Waals surface area contributed by atoms with Crippen LogP contribution < -0.4 is 11.1 Å². The molecule has 0 atom stereocenters. The molecule has 3 nitrogen and oxygen atoms in total. The first-order chi connectivity index (χ1) is 9.65. The van der Waals surface area contributed by atoms with Gasteiger partial charge in [-0.1, -0.05) is 37.3 Å². The average Bonchev–Trinajstić information content (AvgIpc) is 2.42. The number of nitrogens with two attached hydrogens (primary N) is 1. The molecule has 1 aliphatic rings. The third-order valence-electron chi connectivity index (χ3n) is 4.42. The molecule has 1 heterocycles. The highest BCUT2D eigenvalue weighted by atomic mass is 32.1. The van der Waals surface area contributed by atoms with Gasteiger partial charge in [0.25, 0.3) is 0 Å². The first-order valence-corrected chi connectivity index (χ1v) is 7.52. The van der Waals surface area contributed by atoms with E-state index in [4.69, 9.17) is 18.0 Å². The highest BCUT2D eigenvalue weighted by Crippen LogP contribution is 2.40. The second-order valence-electron chi connectivity index (χ2n) is 5.54. The maximum absolute atomic E-state index is 5.88. The number of rotatable bonds is 4. The maximum atomic E-state index is 5.88. The second-order valence-corrected chi connectivity index (χ2v) is 5.98. The SMILES string of the molecule is CCC1(Nc2c(C(N)=S)cnc3ccccc23)CCC1. The van der Waals surface area contributed by atoms with Crippen LogP contribution in [-0.4, -0.2) is 15.5 Å². The van der Waals surface area contributed by atoms with Crippen LogP contribution in [0, 0.1) is 0 Å². The molecule has 0 saturated heterocycles. The molecule has 104 valence electrons. The van der Waals surface area contributed by atoms with Crippen molar-refractivity contribution in [2.75, 3.05) is 5.32 Å². The minimum absolute atomic E-state index is 0.198. The normalized spacial score (nSPS) is 16.6. The van der Waals surface area contributed by atoms with Crippen molar-refractivity contribution in [2.24, 2.45) is 5.73 Å². The summed E-state index contributed by atoms with van der Waals surface area (Å²) in [7, 11) is 0. The highest BCUT2D eigenvalue weighted by molar-refractivity contribution is 7.80. The van der Waals surface area contributed by atoms with Crippen molar-refractivity contribution < 1.29 is 0 Å². The zero-order valence-electron chi connectivity index (χ0n) is 11.6. The van der Waals surface area contributed by atoms with Crippen LogP contribution in [0.25, 0.3) is 10.9 Å². The molecule has 0 unspecified atom stereocenters. The van der Waals surface area contributed by atoms with Crippen molar-refractivity contribution in [1.82, 2.24) is 4.98 Å². The van der Waals surface area contributed by atoms with Gasteiger partial charge in [0.15, 0.2) is 0 Å². The Labute approximate surface area is 124 Å². The van der Waals surface area contributed by atoms with Crippen molar-refractivity contribution in [2.45, 2.75) is 38.1 Å². The van der Waals surface area contributed by atoms with Gasteiger partial charge in [-0.3, -0.25) is 4.98 Å². The molecule has 1 saturated carbocycles. The zero-order valence-corrected chi connectivity index (χ0v) is 12.5. The van der Waals surface area contributed by atoms with Gasteiger partial charge < -0.3 is 11.1 Å². The third kappa shape index (κ3) is 2.14. The highest BCUT2D eigenvalue weighted by Gasteiger charge is 2.35. The van der Waals surface area contributed by atoms with Crippen molar-refractivity contribution in [1.29, 1.82) is 0 Å². The lowest BCUT2D eigenvalue weighted by atomic mass is 9.74. The Morgan fingerprint density at radius 3 is 2.75 bits per heavy atom. The van der Waals surface area contributed by atoms with Gasteiger partial charge in [-0.25, -0.2) is 0 Å². The van der Waals surface area contributed by atoms with Crippen molar-refractivity contribution in [3.63, 3.8) is 0 Å². The number of fused-ring (bicyclic) bond motifs is 1. The molecule has 0 bridgehead atoms. The third-order valence-corrected chi connectivity index (χ3v) is 4.64. The van der Waals surface area contributed by atoms with Crippen LogP contribution in [0.5, 0.6) is 0 Å². The van der Waals surface area contributed by atoms with Gasteiger partial charge in [0.2, 0.25) is 0 Å². The van der Waals surface area contributed by atoms with E-state index in [1.54, 1.807) is 6.20 Å². The number of thiocarbonyl (C=S) groups is 1. The molecule has 1 aromatic carbocycles. The van der Waals surface area contributed by atoms with Crippen molar-refractivity contribution >= 4 is 33.8 Å². The monoisotopic (exact) mass is 285 g/mol. The molecule has 3 rings (SSSR count). The summed E-state index contributed by atoms with van der Waals surface area (Å²) in [5.74, 6) is 0. The predicted octanol–water partition coefficient (Wildman–Crippen LogP) is 3.61. The predicted molar refractivity (Wildman–Crippen MR) is 88.1 cm³/mol. The summed E-state index contributed by atoms with van der Waals surface area (Å²) in [6, 6.07) is 8.12. The van der Waals surface area contributed by atoms with E-state index in [0.717, 1.165) is 28.6 Å². The van der Waals surface area contributed by atoms with Gasteiger partial charge in [-0.15, -0.1) is 0 Å². The fraction of sp³-hybridized carbons (Fsp3) is 0.375. The molecule has 2 aromatic rings.